The van der Waals surface area contributed by atoms with Crippen LogP contribution in [-0.4, -0.2) is 12.6 Å². The van der Waals surface area contributed by atoms with Crippen LogP contribution in [0.1, 0.15) is 12.5 Å². The number of carbonyl (C=O) groups excluding carboxylic acids is 1. The summed E-state index contributed by atoms with van der Waals surface area (Å²) in [4.78, 5) is 12.1. The molecule has 0 N–H and O–H groups in total. The van der Waals surface area contributed by atoms with Gasteiger partial charge in [-0.15, -0.1) is 25.3 Å². The van der Waals surface area contributed by atoms with Gasteiger partial charge in [-0.25, -0.2) is 4.79 Å². The Labute approximate surface area is 100 Å². The Morgan fingerprint density at radius 1 is 1.27 bits per heavy atom. The Balaban J connectivity index is 2.95. The zero-order chi connectivity index (χ0) is 11.3. The number of benzene rings is 1. The summed E-state index contributed by atoms with van der Waals surface area (Å²) in [5.74, 6) is -0.449. The molecule has 0 amide bonds. The fraction of sp³-hybridized carbons (Fsp3) is 0.182. The first-order chi connectivity index (χ1) is 7.16. The summed E-state index contributed by atoms with van der Waals surface area (Å²) >= 11 is 8.34. The Bertz CT molecular complexity index is 371. The molecule has 0 spiro atoms. The van der Waals surface area contributed by atoms with Crippen molar-refractivity contribution in [1.29, 1.82) is 0 Å². The summed E-state index contributed by atoms with van der Waals surface area (Å²) in [6.07, 6.45) is 0. The van der Waals surface area contributed by atoms with Crippen molar-refractivity contribution >= 4 is 36.1 Å². The lowest BCUT2D eigenvalue weighted by atomic mass is 10.2. The molecular formula is C11H12O2S2. The molecular weight excluding hydrogens is 228 g/mol. The number of rotatable bonds is 3. The average Bonchev–Trinajstić information content (AvgIpc) is 2.28. The lowest BCUT2D eigenvalue weighted by Crippen LogP contribution is -2.04. The highest BCUT2D eigenvalue weighted by Gasteiger charge is 2.11. The van der Waals surface area contributed by atoms with E-state index in [2.05, 4.69) is 25.3 Å². The second-order valence-corrected chi connectivity index (χ2v) is 3.68. The molecule has 0 heterocycles. The van der Waals surface area contributed by atoms with Crippen molar-refractivity contribution in [1.82, 2.24) is 0 Å². The van der Waals surface area contributed by atoms with Crippen LogP contribution in [-0.2, 0) is 9.53 Å². The molecule has 4 heteroatoms. The third-order valence-corrected chi connectivity index (χ3v) is 2.80. The molecule has 1 rings (SSSR count). The van der Waals surface area contributed by atoms with Crippen LogP contribution in [0.25, 0.3) is 4.91 Å². The topological polar surface area (TPSA) is 26.3 Å². The van der Waals surface area contributed by atoms with Gasteiger partial charge in [-0.3, -0.25) is 0 Å². The summed E-state index contributed by atoms with van der Waals surface area (Å²) in [5.41, 5.74) is 0.846. The fourth-order valence-electron chi connectivity index (χ4n) is 1.03. The summed E-state index contributed by atoms with van der Waals surface area (Å²) < 4.78 is 4.82. The van der Waals surface area contributed by atoms with Crippen LogP contribution >= 0.6 is 25.3 Å². The van der Waals surface area contributed by atoms with Crippen LogP contribution in [0.2, 0.25) is 0 Å². The van der Waals surface area contributed by atoms with Gasteiger partial charge in [-0.05, 0) is 12.5 Å². The Morgan fingerprint density at radius 3 is 2.40 bits per heavy atom. The monoisotopic (exact) mass is 240 g/mol. The van der Waals surface area contributed by atoms with Gasteiger partial charge < -0.3 is 4.74 Å². The minimum Gasteiger partial charge on any atom is -0.462 e. The first-order valence-electron chi connectivity index (χ1n) is 4.51. The molecule has 0 aromatic heterocycles. The summed E-state index contributed by atoms with van der Waals surface area (Å²) in [7, 11) is 0. The van der Waals surface area contributed by atoms with Crippen LogP contribution in [0.4, 0.5) is 0 Å². The number of ether oxygens (including phenoxy) is 1. The van der Waals surface area contributed by atoms with E-state index >= 15 is 0 Å². The summed E-state index contributed by atoms with van der Waals surface area (Å²) in [5, 5.41) is 0. The second-order valence-electron chi connectivity index (χ2n) is 2.78. The molecule has 0 aliphatic carbocycles. The van der Waals surface area contributed by atoms with E-state index in [9.17, 15) is 4.79 Å². The third kappa shape index (κ3) is 3.32. The number of carbonyl (C=O) groups is 1. The molecule has 0 saturated carbocycles. The Hall–Kier alpha value is -0.870. The van der Waals surface area contributed by atoms with E-state index in [1.165, 1.54) is 0 Å². The Morgan fingerprint density at radius 2 is 1.87 bits per heavy atom. The van der Waals surface area contributed by atoms with Crippen molar-refractivity contribution in [2.24, 2.45) is 0 Å². The minimum atomic E-state index is -0.449. The lowest BCUT2D eigenvalue weighted by molar-refractivity contribution is -0.137. The molecule has 0 unspecified atom stereocenters. The number of esters is 1. The highest BCUT2D eigenvalue weighted by molar-refractivity contribution is 7.93. The minimum absolute atomic E-state index is 0.228. The number of hydrogen-bond donors (Lipinski definition) is 2. The largest absolute Gasteiger partial charge is 0.462 e. The molecule has 0 aliphatic rings. The molecule has 0 saturated heterocycles. The molecule has 0 bridgehead atoms. The third-order valence-electron chi connectivity index (χ3n) is 1.74. The van der Waals surface area contributed by atoms with Crippen LogP contribution in [0, 0.1) is 0 Å². The second kappa shape index (κ2) is 5.88. The van der Waals surface area contributed by atoms with E-state index in [-0.39, 0.29) is 4.91 Å². The highest BCUT2D eigenvalue weighted by Crippen LogP contribution is 2.25. The van der Waals surface area contributed by atoms with Gasteiger partial charge in [0, 0.05) is 4.91 Å². The molecule has 1 aromatic carbocycles. The van der Waals surface area contributed by atoms with Crippen molar-refractivity contribution in [2.75, 3.05) is 6.61 Å². The van der Waals surface area contributed by atoms with Crippen molar-refractivity contribution in [2.45, 2.75) is 6.92 Å². The van der Waals surface area contributed by atoms with Crippen molar-refractivity contribution in [3.63, 3.8) is 0 Å². The number of thiol groups is 2. The smallest absolute Gasteiger partial charge is 0.345 e. The van der Waals surface area contributed by atoms with Gasteiger partial charge in [0.15, 0.2) is 0 Å². The molecule has 2 nitrogen and oxygen atoms in total. The van der Waals surface area contributed by atoms with Crippen molar-refractivity contribution in [3.8, 4) is 0 Å². The summed E-state index contributed by atoms with van der Waals surface area (Å²) in [6, 6.07) is 9.36. The summed E-state index contributed by atoms with van der Waals surface area (Å²) in [6.45, 7) is 2.08. The lowest BCUT2D eigenvalue weighted by Gasteiger charge is -2.05. The van der Waals surface area contributed by atoms with E-state index in [0.29, 0.717) is 11.5 Å². The Kier molecular flexibility index (Phi) is 4.78. The van der Waals surface area contributed by atoms with Gasteiger partial charge in [-0.2, -0.15) is 0 Å². The normalized spacial score (nSPS) is 11.9. The van der Waals surface area contributed by atoms with Crippen molar-refractivity contribution < 1.29 is 9.53 Å². The quantitative estimate of drug-likeness (QED) is 0.483. The molecule has 0 aliphatic heterocycles. The first kappa shape index (κ1) is 12.2. The van der Waals surface area contributed by atoms with Gasteiger partial charge >= 0.3 is 5.97 Å². The maximum atomic E-state index is 11.4. The zero-order valence-electron chi connectivity index (χ0n) is 8.30. The molecule has 1 aromatic rings. The fourth-order valence-corrected chi connectivity index (χ4v) is 1.46. The van der Waals surface area contributed by atoms with Gasteiger partial charge in [-0.1, -0.05) is 30.3 Å². The molecule has 0 radical (unpaired) electrons. The highest BCUT2D eigenvalue weighted by atomic mass is 32.1. The van der Waals surface area contributed by atoms with E-state index in [4.69, 9.17) is 4.74 Å². The van der Waals surface area contributed by atoms with Crippen LogP contribution in [0.15, 0.2) is 35.2 Å². The van der Waals surface area contributed by atoms with Crippen LogP contribution in [0.3, 0.4) is 0 Å². The van der Waals surface area contributed by atoms with E-state index in [1.54, 1.807) is 6.92 Å². The maximum absolute atomic E-state index is 11.4. The van der Waals surface area contributed by atoms with Crippen molar-refractivity contribution in [3.05, 3.63) is 40.8 Å². The number of hydrogen-bond acceptors (Lipinski definition) is 4. The van der Waals surface area contributed by atoms with E-state index < -0.39 is 5.97 Å². The first-order valence-corrected chi connectivity index (χ1v) is 5.41. The van der Waals surface area contributed by atoms with E-state index in [1.807, 2.05) is 30.3 Å². The van der Waals surface area contributed by atoms with Gasteiger partial charge in [0.2, 0.25) is 0 Å². The molecule has 80 valence electrons. The van der Waals surface area contributed by atoms with Gasteiger partial charge in [0.25, 0.3) is 0 Å². The molecule has 15 heavy (non-hydrogen) atoms. The average molecular weight is 240 g/mol. The maximum Gasteiger partial charge on any atom is 0.345 e. The van der Waals surface area contributed by atoms with Gasteiger partial charge in [0.1, 0.15) is 4.91 Å². The van der Waals surface area contributed by atoms with Crippen LogP contribution < -0.4 is 0 Å². The zero-order valence-corrected chi connectivity index (χ0v) is 10.1. The predicted molar refractivity (Wildman–Crippen MR) is 68.0 cm³/mol. The van der Waals surface area contributed by atoms with Gasteiger partial charge in [0.05, 0.1) is 6.61 Å². The van der Waals surface area contributed by atoms with E-state index in [0.717, 1.165) is 5.56 Å². The molecule has 0 atom stereocenters. The SMILES string of the molecule is CCOC(=O)C(S)=C(S)c1ccccc1. The molecule has 0 fully saturated rings. The standard InChI is InChI=1S/C11H12O2S2/c1-2-13-11(12)10(15)9(14)8-6-4-3-5-7-8/h3-7,14-15H,2H2,1H3. The van der Waals surface area contributed by atoms with Crippen LogP contribution in [0.5, 0.6) is 0 Å². The predicted octanol–water partition coefficient (Wildman–Crippen LogP) is 2.78.